The van der Waals surface area contributed by atoms with Crippen LogP contribution in [-0.2, 0) is 10.0 Å². The molecule has 0 aliphatic heterocycles. The van der Waals surface area contributed by atoms with Crippen molar-refractivity contribution in [3.05, 3.63) is 29.8 Å². The van der Waals surface area contributed by atoms with Gasteiger partial charge >= 0.3 is 0 Å². The van der Waals surface area contributed by atoms with E-state index in [0.29, 0.717) is 5.56 Å². The second-order valence-corrected chi connectivity index (χ2v) is 6.61. The molecule has 0 amide bonds. The molecule has 5 nitrogen and oxygen atoms in total. The van der Waals surface area contributed by atoms with Gasteiger partial charge in [-0.2, -0.15) is 9.57 Å². The topological polar surface area (TPSA) is 81.4 Å². The zero-order valence-corrected chi connectivity index (χ0v) is 12.1. The van der Waals surface area contributed by atoms with Gasteiger partial charge in [-0.15, -0.1) is 0 Å². The van der Waals surface area contributed by atoms with Crippen molar-refractivity contribution in [2.24, 2.45) is 5.92 Å². The Kier molecular flexibility index (Phi) is 5.06. The summed E-state index contributed by atoms with van der Waals surface area (Å²) in [5, 5.41) is 18.2. The highest BCUT2D eigenvalue weighted by molar-refractivity contribution is 7.89. The second kappa shape index (κ2) is 6.15. The van der Waals surface area contributed by atoms with Crippen LogP contribution in [0, 0.1) is 17.2 Å². The molecule has 6 heteroatoms. The normalized spacial score (nSPS) is 14.9. The van der Waals surface area contributed by atoms with Crippen LogP contribution in [0.1, 0.15) is 25.5 Å². The highest BCUT2D eigenvalue weighted by Gasteiger charge is 2.22. The average Bonchev–Trinajstić information content (AvgIpc) is 2.38. The first kappa shape index (κ1) is 15.6. The first-order valence-electron chi connectivity index (χ1n) is 5.93. The number of aliphatic hydroxyl groups excluding tert-OH is 1. The molecule has 0 aliphatic rings. The Labute approximate surface area is 114 Å². The number of hydrogen-bond acceptors (Lipinski definition) is 4. The molecule has 0 fully saturated rings. The summed E-state index contributed by atoms with van der Waals surface area (Å²) in [5.74, 6) is -0.375. The summed E-state index contributed by atoms with van der Waals surface area (Å²) < 4.78 is 25.7. The van der Waals surface area contributed by atoms with E-state index in [9.17, 15) is 13.5 Å². The Balaban J connectivity index is 3.07. The van der Waals surface area contributed by atoms with Crippen molar-refractivity contribution < 1.29 is 13.5 Å². The maximum absolute atomic E-state index is 12.3. The molecular weight excluding hydrogens is 264 g/mol. The number of rotatable bonds is 5. The maximum Gasteiger partial charge on any atom is 0.242 e. The number of hydrogen-bond donors (Lipinski definition) is 1. The fourth-order valence-corrected chi connectivity index (χ4v) is 2.95. The fourth-order valence-electron chi connectivity index (χ4n) is 1.64. The molecule has 0 bridgehead atoms. The van der Waals surface area contributed by atoms with Crippen LogP contribution < -0.4 is 0 Å². The van der Waals surface area contributed by atoms with Gasteiger partial charge in [-0.25, -0.2) is 8.42 Å². The van der Waals surface area contributed by atoms with Crippen molar-refractivity contribution >= 4 is 10.0 Å². The zero-order chi connectivity index (χ0) is 14.6. The Morgan fingerprint density at radius 1 is 1.42 bits per heavy atom. The van der Waals surface area contributed by atoms with E-state index < -0.39 is 16.1 Å². The van der Waals surface area contributed by atoms with Gasteiger partial charge in [0.25, 0.3) is 0 Å². The highest BCUT2D eigenvalue weighted by Crippen LogP contribution is 2.20. The molecule has 19 heavy (non-hydrogen) atoms. The summed E-state index contributed by atoms with van der Waals surface area (Å²) in [7, 11) is -2.19. The third kappa shape index (κ3) is 3.77. The van der Waals surface area contributed by atoms with Crippen LogP contribution in [0.15, 0.2) is 29.2 Å². The van der Waals surface area contributed by atoms with E-state index in [0.717, 1.165) is 4.31 Å². The van der Waals surface area contributed by atoms with Gasteiger partial charge in [0.1, 0.15) is 0 Å². The van der Waals surface area contributed by atoms with Gasteiger partial charge in [-0.1, -0.05) is 12.1 Å². The van der Waals surface area contributed by atoms with Crippen molar-refractivity contribution in [1.29, 1.82) is 5.26 Å². The Morgan fingerprint density at radius 3 is 2.58 bits per heavy atom. The van der Waals surface area contributed by atoms with Crippen LogP contribution in [0.4, 0.5) is 0 Å². The standard InChI is InChI=1S/C13H18N2O3S/c1-10(8-14)9-15(3)19(17,18)13-6-4-5-12(7-13)11(2)16/h4-7,10-11,16H,9H2,1-3H3. The molecule has 2 atom stereocenters. The first-order chi connectivity index (χ1) is 8.78. The molecule has 0 aromatic heterocycles. The van der Waals surface area contributed by atoms with Crippen LogP contribution >= 0.6 is 0 Å². The van der Waals surface area contributed by atoms with Gasteiger partial charge in [0.05, 0.1) is 23.0 Å². The van der Waals surface area contributed by atoms with Crippen LogP contribution in [0.25, 0.3) is 0 Å². The van der Waals surface area contributed by atoms with Gasteiger partial charge in [0.2, 0.25) is 10.0 Å². The molecule has 0 radical (unpaired) electrons. The van der Waals surface area contributed by atoms with E-state index >= 15 is 0 Å². The maximum atomic E-state index is 12.3. The lowest BCUT2D eigenvalue weighted by molar-refractivity contribution is 0.199. The summed E-state index contributed by atoms with van der Waals surface area (Å²) in [6, 6.07) is 8.20. The number of sulfonamides is 1. The minimum Gasteiger partial charge on any atom is -0.389 e. The van der Waals surface area contributed by atoms with E-state index in [1.54, 1.807) is 26.0 Å². The van der Waals surface area contributed by atoms with Crippen molar-refractivity contribution in [3.8, 4) is 6.07 Å². The number of nitriles is 1. The van der Waals surface area contributed by atoms with E-state index in [2.05, 4.69) is 0 Å². The third-order valence-corrected chi connectivity index (χ3v) is 4.62. The first-order valence-corrected chi connectivity index (χ1v) is 7.37. The molecule has 0 spiro atoms. The molecule has 0 heterocycles. The summed E-state index contributed by atoms with van der Waals surface area (Å²) in [4.78, 5) is 0.124. The van der Waals surface area contributed by atoms with Crippen molar-refractivity contribution in [1.82, 2.24) is 4.31 Å². The van der Waals surface area contributed by atoms with Crippen LogP contribution in [-0.4, -0.2) is 31.4 Å². The molecule has 0 aliphatic carbocycles. The number of benzene rings is 1. The minimum atomic E-state index is -3.63. The van der Waals surface area contributed by atoms with Gasteiger partial charge in [-0.05, 0) is 31.5 Å². The van der Waals surface area contributed by atoms with Gasteiger partial charge < -0.3 is 5.11 Å². The van der Waals surface area contributed by atoms with Crippen molar-refractivity contribution in [2.75, 3.05) is 13.6 Å². The van der Waals surface area contributed by atoms with E-state index in [4.69, 9.17) is 5.26 Å². The molecule has 1 N–H and O–H groups in total. The largest absolute Gasteiger partial charge is 0.389 e. The summed E-state index contributed by atoms with van der Waals surface area (Å²) in [5.41, 5.74) is 0.544. The molecule has 2 unspecified atom stereocenters. The van der Waals surface area contributed by atoms with E-state index in [-0.39, 0.29) is 17.4 Å². The van der Waals surface area contributed by atoms with Crippen molar-refractivity contribution in [3.63, 3.8) is 0 Å². The predicted molar refractivity (Wildman–Crippen MR) is 71.7 cm³/mol. The quantitative estimate of drug-likeness (QED) is 0.887. The van der Waals surface area contributed by atoms with Crippen molar-refractivity contribution in [2.45, 2.75) is 24.8 Å². The molecule has 1 aromatic rings. The minimum absolute atomic E-state index is 0.124. The van der Waals surface area contributed by atoms with Crippen LogP contribution in [0.5, 0.6) is 0 Å². The number of aliphatic hydroxyl groups is 1. The van der Waals surface area contributed by atoms with Crippen LogP contribution in [0.3, 0.4) is 0 Å². The molecule has 0 saturated carbocycles. The molecule has 1 rings (SSSR count). The molecule has 104 valence electrons. The smallest absolute Gasteiger partial charge is 0.242 e. The zero-order valence-electron chi connectivity index (χ0n) is 11.2. The predicted octanol–water partition coefficient (Wildman–Crippen LogP) is 1.52. The van der Waals surface area contributed by atoms with Gasteiger partial charge in [-0.3, -0.25) is 0 Å². The summed E-state index contributed by atoms with van der Waals surface area (Å²) in [6.07, 6.45) is -0.724. The monoisotopic (exact) mass is 282 g/mol. The fraction of sp³-hybridized carbons (Fsp3) is 0.462. The third-order valence-electron chi connectivity index (χ3n) is 2.80. The lowest BCUT2D eigenvalue weighted by atomic mass is 10.1. The molecule has 0 saturated heterocycles. The Morgan fingerprint density at radius 2 is 2.05 bits per heavy atom. The van der Waals surface area contributed by atoms with E-state index in [1.807, 2.05) is 6.07 Å². The SMILES string of the molecule is CC(C#N)CN(C)S(=O)(=O)c1cccc(C(C)O)c1. The van der Waals surface area contributed by atoms with Gasteiger partial charge in [0.15, 0.2) is 0 Å². The summed E-state index contributed by atoms with van der Waals surface area (Å²) >= 11 is 0. The lowest BCUT2D eigenvalue weighted by Crippen LogP contribution is -2.30. The Bertz CT molecular complexity index is 576. The highest BCUT2D eigenvalue weighted by atomic mass is 32.2. The second-order valence-electron chi connectivity index (χ2n) is 4.56. The van der Waals surface area contributed by atoms with Gasteiger partial charge in [0, 0.05) is 13.6 Å². The Hall–Kier alpha value is -1.42. The molecular formula is C13H18N2O3S. The summed E-state index contributed by atoms with van der Waals surface area (Å²) in [6.45, 7) is 3.38. The number of nitrogens with zero attached hydrogens (tertiary/aromatic N) is 2. The van der Waals surface area contributed by atoms with Crippen LogP contribution in [0.2, 0.25) is 0 Å². The lowest BCUT2D eigenvalue weighted by Gasteiger charge is -2.18. The molecule has 1 aromatic carbocycles. The van der Waals surface area contributed by atoms with E-state index in [1.165, 1.54) is 19.2 Å². The average molecular weight is 282 g/mol.